The minimum Gasteiger partial charge on any atom is -0.480 e. The van der Waals surface area contributed by atoms with Crippen molar-refractivity contribution in [2.24, 2.45) is 0 Å². The second-order valence-corrected chi connectivity index (χ2v) is 4.95. The van der Waals surface area contributed by atoms with Crippen molar-refractivity contribution in [3.05, 3.63) is 35.9 Å². The van der Waals surface area contributed by atoms with Gasteiger partial charge in [-0.05, 0) is 6.92 Å². The lowest BCUT2D eigenvalue weighted by molar-refractivity contribution is -0.141. The lowest BCUT2D eigenvalue weighted by Gasteiger charge is -2.08. The van der Waals surface area contributed by atoms with Crippen molar-refractivity contribution in [1.82, 2.24) is 5.32 Å². The Morgan fingerprint density at radius 3 is 2.53 bits per heavy atom. The molecule has 0 spiro atoms. The third kappa shape index (κ3) is 5.56. The number of rotatable bonds is 6. The average Bonchev–Trinajstić information content (AvgIpc) is 2.39. The predicted octanol–water partition coefficient (Wildman–Crippen LogP) is 1.79. The number of carboxylic acids is 1. The Labute approximate surface area is 116 Å². The largest absolute Gasteiger partial charge is 0.480 e. The molecule has 6 heteroatoms. The summed E-state index contributed by atoms with van der Waals surface area (Å²) in [7, 11) is 0. The minimum atomic E-state index is -1.08. The topological polar surface area (TPSA) is 83.5 Å². The van der Waals surface area contributed by atoms with E-state index in [1.165, 1.54) is 6.92 Å². The quantitative estimate of drug-likeness (QED) is 0.831. The molecule has 0 saturated carbocycles. The SMILES string of the molecule is C[C@H](NC(=O)CCSC(=O)c1ccccc1)C(=O)O.[HH]. The van der Waals surface area contributed by atoms with E-state index in [0.717, 1.165) is 11.8 Å². The van der Waals surface area contributed by atoms with Crippen LogP contribution in [0.15, 0.2) is 30.3 Å². The van der Waals surface area contributed by atoms with Gasteiger partial charge in [0.1, 0.15) is 6.04 Å². The highest BCUT2D eigenvalue weighted by atomic mass is 32.2. The molecule has 0 unspecified atom stereocenters. The van der Waals surface area contributed by atoms with Crippen LogP contribution in [0.5, 0.6) is 0 Å². The number of hydrogen-bond acceptors (Lipinski definition) is 4. The van der Waals surface area contributed by atoms with Crippen LogP contribution in [0.2, 0.25) is 0 Å². The van der Waals surface area contributed by atoms with E-state index < -0.39 is 12.0 Å². The molecule has 0 fully saturated rings. The number of hydrogen-bond donors (Lipinski definition) is 2. The molecule has 0 aliphatic carbocycles. The molecule has 5 nitrogen and oxygen atoms in total. The zero-order valence-corrected chi connectivity index (χ0v) is 11.3. The fourth-order valence-corrected chi connectivity index (χ4v) is 2.04. The van der Waals surface area contributed by atoms with E-state index in [2.05, 4.69) is 5.32 Å². The number of carbonyl (C=O) groups is 3. The van der Waals surface area contributed by atoms with E-state index >= 15 is 0 Å². The third-order valence-corrected chi connectivity index (χ3v) is 3.23. The van der Waals surface area contributed by atoms with Gasteiger partial charge in [0.05, 0.1) is 0 Å². The normalized spacial score (nSPS) is 11.6. The highest BCUT2D eigenvalue weighted by molar-refractivity contribution is 8.14. The van der Waals surface area contributed by atoms with Crippen molar-refractivity contribution in [3.63, 3.8) is 0 Å². The zero-order chi connectivity index (χ0) is 14.3. The summed E-state index contributed by atoms with van der Waals surface area (Å²) < 4.78 is 0. The van der Waals surface area contributed by atoms with Gasteiger partial charge >= 0.3 is 5.97 Å². The van der Waals surface area contributed by atoms with Gasteiger partial charge in [-0.2, -0.15) is 0 Å². The van der Waals surface area contributed by atoms with Gasteiger partial charge in [0.15, 0.2) is 0 Å². The molecular weight excluding hydrogens is 266 g/mol. The summed E-state index contributed by atoms with van der Waals surface area (Å²) >= 11 is 1.05. The number of amides is 1. The van der Waals surface area contributed by atoms with Crippen LogP contribution in [0.4, 0.5) is 0 Å². The van der Waals surface area contributed by atoms with Crippen molar-refractivity contribution in [2.45, 2.75) is 19.4 Å². The Bertz CT molecular complexity index is 467. The zero-order valence-electron chi connectivity index (χ0n) is 10.5. The summed E-state index contributed by atoms with van der Waals surface area (Å²) in [5.41, 5.74) is 0.590. The van der Waals surface area contributed by atoms with Crippen molar-refractivity contribution in [1.29, 1.82) is 0 Å². The monoisotopic (exact) mass is 283 g/mol. The molecule has 1 atom stereocenters. The first-order valence-electron chi connectivity index (χ1n) is 5.75. The van der Waals surface area contributed by atoms with Crippen LogP contribution in [0.3, 0.4) is 0 Å². The Morgan fingerprint density at radius 2 is 1.95 bits per heavy atom. The van der Waals surface area contributed by atoms with Gasteiger partial charge in [0, 0.05) is 19.2 Å². The summed E-state index contributed by atoms with van der Waals surface area (Å²) in [5.74, 6) is -1.13. The Morgan fingerprint density at radius 1 is 1.32 bits per heavy atom. The van der Waals surface area contributed by atoms with E-state index in [1.54, 1.807) is 24.3 Å². The molecule has 0 saturated heterocycles. The lowest BCUT2D eigenvalue weighted by atomic mass is 10.2. The molecule has 19 heavy (non-hydrogen) atoms. The molecule has 1 amide bonds. The highest BCUT2D eigenvalue weighted by Crippen LogP contribution is 2.12. The van der Waals surface area contributed by atoms with Crippen LogP contribution >= 0.6 is 11.8 Å². The standard InChI is InChI=1S/C13H15NO4S.H2/c1-9(12(16)17)14-11(15)7-8-19-13(18)10-5-3-2-4-6-10;/h2-6,9H,7-8H2,1H3,(H,14,15)(H,16,17);1H/t9-;/m0./s1. The molecule has 0 radical (unpaired) electrons. The Hall–Kier alpha value is -1.82. The van der Waals surface area contributed by atoms with Crippen LogP contribution < -0.4 is 5.32 Å². The number of carboxylic acid groups (broad SMARTS) is 1. The smallest absolute Gasteiger partial charge is 0.325 e. The molecule has 0 heterocycles. The maximum atomic E-state index is 11.7. The number of benzene rings is 1. The van der Waals surface area contributed by atoms with Crippen LogP contribution in [-0.2, 0) is 9.59 Å². The van der Waals surface area contributed by atoms with Gasteiger partial charge in [-0.25, -0.2) is 0 Å². The average molecular weight is 283 g/mol. The summed E-state index contributed by atoms with van der Waals surface area (Å²) in [6.07, 6.45) is 0.112. The van der Waals surface area contributed by atoms with Gasteiger partial charge in [-0.15, -0.1) is 0 Å². The Kier molecular flexibility index (Phi) is 6.08. The molecular formula is C13H17NO4S. The first-order chi connectivity index (χ1) is 9.00. The fraction of sp³-hybridized carbons (Fsp3) is 0.308. The molecule has 104 valence electrons. The van der Waals surface area contributed by atoms with Gasteiger partial charge in [-0.3, -0.25) is 14.4 Å². The minimum absolute atomic E-state index is 0. The van der Waals surface area contributed by atoms with Crippen molar-refractivity contribution >= 4 is 28.8 Å². The molecule has 1 aromatic rings. The molecule has 1 rings (SSSR count). The first-order valence-corrected chi connectivity index (χ1v) is 6.73. The van der Waals surface area contributed by atoms with E-state index in [1.807, 2.05) is 6.07 Å². The second-order valence-electron chi connectivity index (χ2n) is 3.88. The lowest BCUT2D eigenvalue weighted by Crippen LogP contribution is -2.38. The summed E-state index contributed by atoms with van der Waals surface area (Å²) in [6, 6.07) is 7.87. The Balaban J connectivity index is 0.00000361. The van der Waals surface area contributed by atoms with E-state index in [-0.39, 0.29) is 18.9 Å². The number of thioether (sulfide) groups is 1. The van der Waals surface area contributed by atoms with Gasteiger partial charge in [0.2, 0.25) is 11.0 Å². The van der Waals surface area contributed by atoms with Gasteiger partial charge in [-0.1, -0.05) is 42.1 Å². The summed E-state index contributed by atoms with van der Waals surface area (Å²) in [6.45, 7) is 1.39. The number of aliphatic carboxylic acids is 1. The van der Waals surface area contributed by atoms with E-state index in [4.69, 9.17) is 5.11 Å². The van der Waals surface area contributed by atoms with Crippen LogP contribution in [0.25, 0.3) is 0 Å². The molecule has 0 aliphatic rings. The summed E-state index contributed by atoms with van der Waals surface area (Å²) in [5, 5.41) is 10.9. The van der Waals surface area contributed by atoms with Crippen molar-refractivity contribution in [3.8, 4) is 0 Å². The maximum Gasteiger partial charge on any atom is 0.325 e. The second kappa shape index (κ2) is 7.58. The molecule has 0 aromatic heterocycles. The number of nitrogens with one attached hydrogen (secondary N) is 1. The van der Waals surface area contributed by atoms with Crippen molar-refractivity contribution < 1.29 is 20.9 Å². The van der Waals surface area contributed by atoms with Gasteiger partial charge in [0.25, 0.3) is 0 Å². The third-order valence-electron chi connectivity index (χ3n) is 2.32. The van der Waals surface area contributed by atoms with Crippen LogP contribution in [0.1, 0.15) is 25.1 Å². The highest BCUT2D eigenvalue weighted by Gasteiger charge is 2.14. The summed E-state index contributed by atoms with van der Waals surface area (Å²) in [4.78, 5) is 33.6. The fourth-order valence-electron chi connectivity index (χ4n) is 1.27. The maximum absolute atomic E-state index is 11.7. The molecule has 0 aliphatic heterocycles. The van der Waals surface area contributed by atoms with E-state index in [0.29, 0.717) is 11.3 Å². The van der Waals surface area contributed by atoms with E-state index in [9.17, 15) is 14.4 Å². The van der Waals surface area contributed by atoms with Crippen LogP contribution in [-0.4, -0.2) is 33.9 Å². The van der Waals surface area contributed by atoms with Crippen molar-refractivity contribution in [2.75, 3.05) is 5.75 Å². The van der Waals surface area contributed by atoms with Crippen LogP contribution in [0, 0.1) is 0 Å². The number of carbonyl (C=O) groups excluding carboxylic acids is 2. The predicted molar refractivity (Wildman–Crippen MR) is 75.2 cm³/mol. The van der Waals surface area contributed by atoms with Gasteiger partial charge < -0.3 is 10.4 Å². The first kappa shape index (κ1) is 15.2. The molecule has 1 aromatic carbocycles. The molecule has 0 bridgehead atoms. The molecule has 2 N–H and O–H groups in total.